The van der Waals surface area contributed by atoms with Gasteiger partial charge >= 0.3 is 0 Å². The van der Waals surface area contributed by atoms with Gasteiger partial charge in [0.2, 0.25) is 5.79 Å². The standard InChI is InChI=1S/C28H42O5/c1-16-18-11-12-19-26-15-33-28(32,27(19,21(16)29)22(18)30)23(31)20(26)24(2,3)14-17-10-8-6-5-7-9-13-25(17,26)4/h17-20,22-23,30-32H,1,5-15H2,2-4H3/t17?,18-,19-,20+,22+,23-,25?,26-,27-,28-/m0/s1. The van der Waals surface area contributed by atoms with Crippen LogP contribution in [-0.2, 0) is 9.53 Å². The number of fused-ring (bicyclic) bond motifs is 3. The van der Waals surface area contributed by atoms with Crippen molar-refractivity contribution in [1.82, 2.24) is 0 Å². The number of rotatable bonds is 0. The van der Waals surface area contributed by atoms with E-state index < -0.39 is 28.8 Å². The van der Waals surface area contributed by atoms with Gasteiger partial charge in [-0.05, 0) is 60.3 Å². The van der Waals surface area contributed by atoms with Crippen molar-refractivity contribution in [1.29, 1.82) is 0 Å². The van der Waals surface area contributed by atoms with Crippen molar-refractivity contribution in [2.45, 2.75) is 103 Å². The van der Waals surface area contributed by atoms with E-state index in [0.717, 1.165) is 32.1 Å². The van der Waals surface area contributed by atoms with Crippen molar-refractivity contribution in [3.8, 4) is 0 Å². The fraction of sp³-hybridized carbons (Fsp3) is 0.893. The Bertz CT molecular complexity index is 897. The number of aliphatic hydroxyl groups is 3. The quantitative estimate of drug-likeness (QED) is 0.478. The van der Waals surface area contributed by atoms with E-state index >= 15 is 0 Å². The summed E-state index contributed by atoms with van der Waals surface area (Å²) >= 11 is 0. The zero-order valence-electron chi connectivity index (χ0n) is 20.6. The Morgan fingerprint density at radius 2 is 1.67 bits per heavy atom. The Morgan fingerprint density at radius 3 is 2.42 bits per heavy atom. The molecule has 7 aliphatic rings. The predicted molar refractivity (Wildman–Crippen MR) is 124 cm³/mol. The zero-order chi connectivity index (χ0) is 23.6. The van der Waals surface area contributed by atoms with Crippen molar-refractivity contribution in [3.63, 3.8) is 0 Å². The smallest absolute Gasteiger partial charge is 0.208 e. The van der Waals surface area contributed by atoms with Gasteiger partial charge in [0, 0.05) is 17.3 Å². The fourth-order valence-corrected chi connectivity index (χ4v) is 10.9. The summed E-state index contributed by atoms with van der Waals surface area (Å²) in [5.74, 6) is -2.56. The van der Waals surface area contributed by atoms with Gasteiger partial charge in [0.05, 0.1) is 12.7 Å². The average molecular weight is 459 g/mol. The van der Waals surface area contributed by atoms with Crippen LogP contribution in [-0.4, -0.2) is 45.7 Å². The summed E-state index contributed by atoms with van der Waals surface area (Å²) in [5.41, 5.74) is -1.85. The first-order chi connectivity index (χ1) is 15.5. The molecule has 2 spiro atoms. The number of ketones is 1. The minimum atomic E-state index is -2.06. The summed E-state index contributed by atoms with van der Waals surface area (Å²) in [4.78, 5) is 14.0. The highest BCUT2D eigenvalue weighted by Gasteiger charge is 2.88. The zero-order valence-corrected chi connectivity index (χ0v) is 20.6. The van der Waals surface area contributed by atoms with Gasteiger partial charge in [-0.25, -0.2) is 0 Å². The third-order valence-corrected chi connectivity index (χ3v) is 12.1. The summed E-state index contributed by atoms with van der Waals surface area (Å²) < 4.78 is 6.31. The maximum atomic E-state index is 14.0. The molecule has 7 fully saturated rings. The molecule has 184 valence electrons. The molecule has 0 aromatic heterocycles. The topological polar surface area (TPSA) is 87.0 Å². The highest BCUT2D eigenvalue weighted by Crippen LogP contribution is 2.81. The third kappa shape index (κ3) is 2.24. The van der Waals surface area contributed by atoms with Gasteiger partial charge in [-0.15, -0.1) is 0 Å². The minimum Gasteiger partial charge on any atom is -0.391 e. The molecule has 5 heteroatoms. The molecule has 0 aromatic carbocycles. The Kier molecular flexibility index (Phi) is 4.62. The summed E-state index contributed by atoms with van der Waals surface area (Å²) in [6, 6.07) is 0. The second-order valence-corrected chi connectivity index (χ2v) is 13.5. The highest BCUT2D eigenvalue weighted by molar-refractivity contribution is 6.05. The van der Waals surface area contributed by atoms with E-state index in [-0.39, 0.29) is 34.4 Å². The van der Waals surface area contributed by atoms with E-state index in [1.165, 1.54) is 32.1 Å². The maximum Gasteiger partial charge on any atom is 0.208 e. The number of carbonyl (C=O) groups excluding carboxylic acids is 1. The molecule has 3 N–H and O–H groups in total. The van der Waals surface area contributed by atoms with Crippen molar-refractivity contribution >= 4 is 5.78 Å². The average Bonchev–Trinajstić information content (AvgIpc) is 2.91. The third-order valence-electron chi connectivity index (χ3n) is 12.1. The lowest BCUT2D eigenvalue weighted by Crippen LogP contribution is -2.86. The molecule has 2 aliphatic heterocycles. The van der Waals surface area contributed by atoms with Crippen LogP contribution in [0.2, 0.25) is 0 Å². The van der Waals surface area contributed by atoms with E-state index in [1.807, 2.05) is 0 Å². The van der Waals surface area contributed by atoms with E-state index in [0.29, 0.717) is 18.1 Å². The Hall–Kier alpha value is -0.750. The van der Waals surface area contributed by atoms with E-state index in [4.69, 9.17) is 4.74 Å². The molecule has 10 atom stereocenters. The first kappa shape index (κ1) is 22.7. The van der Waals surface area contributed by atoms with Crippen molar-refractivity contribution in [2.24, 2.45) is 45.3 Å². The van der Waals surface area contributed by atoms with Gasteiger partial charge in [-0.1, -0.05) is 59.5 Å². The Labute approximate surface area is 198 Å². The molecule has 2 saturated heterocycles. The van der Waals surface area contributed by atoms with E-state index in [2.05, 4.69) is 27.4 Å². The first-order valence-electron chi connectivity index (χ1n) is 13.5. The van der Waals surface area contributed by atoms with Gasteiger partial charge in [0.15, 0.2) is 5.78 Å². The molecular weight excluding hydrogens is 416 g/mol. The Morgan fingerprint density at radius 1 is 0.970 bits per heavy atom. The van der Waals surface area contributed by atoms with Gasteiger partial charge in [0.1, 0.15) is 11.5 Å². The van der Waals surface area contributed by atoms with Crippen LogP contribution >= 0.6 is 0 Å². The monoisotopic (exact) mass is 458 g/mol. The molecule has 0 radical (unpaired) electrons. The van der Waals surface area contributed by atoms with Crippen LogP contribution < -0.4 is 0 Å². The van der Waals surface area contributed by atoms with Crippen LogP contribution in [0.15, 0.2) is 12.2 Å². The number of carbonyl (C=O) groups is 1. The lowest BCUT2D eigenvalue weighted by Gasteiger charge is -2.79. The number of hydrogen-bond acceptors (Lipinski definition) is 5. The largest absolute Gasteiger partial charge is 0.391 e. The first-order valence-corrected chi connectivity index (χ1v) is 13.5. The van der Waals surface area contributed by atoms with Crippen LogP contribution in [0.1, 0.15) is 85.0 Å². The Balaban J connectivity index is 1.63. The van der Waals surface area contributed by atoms with Crippen LogP contribution in [0.25, 0.3) is 0 Å². The van der Waals surface area contributed by atoms with Gasteiger partial charge < -0.3 is 20.1 Å². The number of hydrogen-bond donors (Lipinski definition) is 3. The molecule has 5 saturated carbocycles. The summed E-state index contributed by atoms with van der Waals surface area (Å²) in [6.45, 7) is 11.4. The molecule has 0 amide bonds. The molecule has 33 heavy (non-hydrogen) atoms. The van der Waals surface area contributed by atoms with Crippen molar-refractivity contribution in [3.05, 3.63) is 12.2 Å². The molecule has 2 heterocycles. The normalized spacial score (nSPS) is 57.4. The van der Waals surface area contributed by atoms with Crippen LogP contribution in [0, 0.1) is 45.3 Å². The molecule has 0 aromatic rings. The number of ether oxygens (including phenoxy) is 1. The fourth-order valence-electron chi connectivity index (χ4n) is 10.9. The van der Waals surface area contributed by atoms with Crippen LogP contribution in [0.3, 0.4) is 0 Å². The number of aliphatic hydroxyl groups excluding tert-OH is 2. The molecule has 4 bridgehead atoms. The summed E-state index contributed by atoms with van der Waals surface area (Å²) in [5, 5.41) is 35.7. The molecule has 2 unspecified atom stereocenters. The second kappa shape index (κ2) is 6.72. The van der Waals surface area contributed by atoms with E-state index in [1.54, 1.807) is 0 Å². The molecule has 5 nitrogen and oxygen atoms in total. The van der Waals surface area contributed by atoms with Crippen molar-refractivity contribution in [2.75, 3.05) is 6.61 Å². The van der Waals surface area contributed by atoms with Crippen LogP contribution in [0.5, 0.6) is 0 Å². The molecule has 5 aliphatic carbocycles. The van der Waals surface area contributed by atoms with Crippen molar-refractivity contribution < 1.29 is 24.9 Å². The van der Waals surface area contributed by atoms with E-state index in [9.17, 15) is 20.1 Å². The van der Waals surface area contributed by atoms with Gasteiger partial charge in [0.25, 0.3) is 0 Å². The molecule has 7 rings (SSSR count). The SMILES string of the molecule is C=C1C(=O)[C@]23[C@H](O)[C@H]1CC[C@H]2[C@@]12CO[C@@]3(O)[C@@H](O)[C@@H]1C(C)(C)CC1CCCCCCCC12C. The van der Waals surface area contributed by atoms with Gasteiger partial charge in [-0.3, -0.25) is 4.79 Å². The number of Topliss-reactive ketones (excluding diaryl/α,β-unsaturated/α-hetero) is 1. The highest BCUT2D eigenvalue weighted by atomic mass is 16.6. The molecular formula is C28H42O5. The lowest BCUT2D eigenvalue weighted by molar-refractivity contribution is -0.469. The summed E-state index contributed by atoms with van der Waals surface area (Å²) in [6.07, 6.45) is 8.63. The second-order valence-electron chi connectivity index (χ2n) is 13.5. The maximum absolute atomic E-state index is 14.0. The summed E-state index contributed by atoms with van der Waals surface area (Å²) in [7, 11) is 0. The lowest BCUT2D eigenvalue weighted by atomic mass is 9.29. The predicted octanol–water partition coefficient (Wildman–Crippen LogP) is 3.99. The van der Waals surface area contributed by atoms with Crippen LogP contribution in [0.4, 0.5) is 0 Å². The van der Waals surface area contributed by atoms with Gasteiger partial charge in [-0.2, -0.15) is 0 Å². The minimum absolute atomic E-state index is 0.116.